The summed E-state index contributed by atoms with van der Waals surface area (Å²) in [5, 5.41) is 23.9. The van der Waals surface area contributed by atoms with Crippen molar-refractivity contribution in [2.75, 3.05) is 0 Å². The summed E-state index contributed by atoms with van der Waals surface area (Å²) in [6.45, 7) is 2.10. The fraction of sp³-hybridized carbons (Fsp3) is 0.357. The third kappa shape index (κ3) is 4.38. The Balaban J connectivity index is 1.56. The highest BCUT2D eigenvalue weighted by atomic mass is 16.3. The molecule has 7 nitrogen and oxygen atoms in total. The van der Waals surface area contributed by atoms with Gasteiger partial charge in [-0.05, 0) is 54.9 Å². The van der Waals surface area contributed by atoms with Crippen molar-refractivity contribution in [3.8, 4) is 17.2 Å². The number of rotatable bonds is 6. The maximum absolute atomic E-state index is 13.9. The molecule has 2 aromatic carbocycles. The Morgan fingerprint density at radius 2 is 1.83 bits per heavy atom. The van der Waals surface area contributed by atoms with Gasteiger partial charge in [0, 0.05) is 18.0 Å². The molecule has 0 saturated heterocycles. The first-order valence-electron chi connectivity index (χ1n) is 12.3. The van der Waals surface area contributed by atoms with Crippen molar-refractivity contribution in [1.82, 2.24) is 19.2 Å². The summed E-state index contributed by atoms with van der Waals surface area (Å²) >= 11 is 0. The van der Waals surface area contributed by atoms with Crippen LogP contribution in [-0.2, 0) is 12.8 Å². The summed E-state index contributed by atoms with van der Waals surface area (Å²) in [4.78, 5) is 18.4. The Kier molecular flexibility index (Phi) is 6.47. The van der Waals surface area contributed by atoms with Gasteiger partial charge in [0.15, 0.2) is 0 Å². The fourth-order valence-electron chi connectivity index (χ4n) is 5.23. The molecule has 0 bridgehead atoms. The number of aliphatic hydroxyl groups is 1. The van der Waals surface area contributed by atoms with Crippen LogP contribution in [0.2, 0.25) is 0 Å². The molecule has 1 fully saturated rings. The van der Waals surface area contributed by atoms with Crippen molar-refractivity contribution in [1.29, 1.82) is 5.26 Å². The molecule has 0 radical (unpaired) electrons. The van der Waals surface area contributed by atoms with E-state index in [1.807, 2.05) is 57.6 Å². The standard InChI is InChI=1S/C28H29N5O2/c1-2-5-26-25(16-19-8-10-20(11-9-19)24-7-4-3-6-21(24)17-29)27(35)32(28-30-18-31-33(26)28)22-12-14-23(34)15-13-22/h3-4,6-11,18,22-23,34H,2,5,12-16H2,1H3. The lowest BCUT2D eigenvalue weighted by Crippen LogP contribution is -2.34. The van der Waals surface area contributed by atoms with Gasteiger partial charge in [-0.15, -0.1) is 0 Å². The second-order valence-corrected chi connectivity index (χ2v) is 9.32. The predicted molar refractivity (Wildman–Crippen MR) is 134 cm³/mol. The monoisotopic (exact) mass is 467 g/mol. The Hall–Kier alpha value is -3.76. The lowest BCUT2D eigenvalue weighted by atomic mass is 9.92. The Morgan fingerprint density at radius 1 is 1.09 bits per heavy atom. The Labute approximate surface area is 204 Å². The second kappa shape index (κ2) is 9.85. The number of hydrogen-bond donors (Lipinski definition) is 1. The molecule has 0 aliphatic heterocycles. The van der Waals surface area contributed by atoms with E-state index in [0.29, 0.717) is 30.6 Å². The minimum atomic E-state index is -0.292. The fourth-order valence-corrected chi connectivity index (χ4v) is 5.23. The van der Waals surface area contributed by atoms with Gasteiger partial charge in [-0.1, -0.05) is 55.8 Å². The smallest absolute Gasteiger partial charge is 0.259 e. The molecule has 1 aliphatic rings. The number of aliphatic hydroxyl groups excluding tert-OH is 1. The minimum Gasteiger partial charge on any atom is -0.393 e. The molecule has 2 heterocycles. The maximum Gasteiger partial charge on any atom is 0.259 e. The predicted octanol–water partition coefficient (Wildman–Crippen LogP) is 4.45. The molecule has 0 spiro atoms. The van der Waals surface area contributed by atoms with Gasteiger partial charge in [0.2, 0.25) is 5.78 Å². The molecule has 35 heavy (non-hydrogen) atoms. The van der Waals surface area contributed by atoms with Gasteiger partial charge < -0.3 is 5.11 Å². The summed E-state index contributed by atoms with van der Waals surface area (Å²) in [6.07, 6.45) is 6.25. The number of aryl methyl sites for hydroxylation is 1. The van der Waals surface area contributed by atoms with E-state index in [9.17, 15) is 15.2 Å². The molecule has 0 unspecified atom stereocenters. The van der Waals surface area contributed by atoms with Crippen LogP contribution in [-0.4, -0.2) is 30.4 Å². The number of hydrogen-bond acceptors (Lipinski definition) is 5. The lowest BCUT2D eigenvalue weighted by molar-refractivity contribution is 0.110. The molecule has 178 valence electrons. The summed E-state index contributed by atoms with van der Waals surface area (Å²) in [5.74, 6) is 0.590. The molecule has 4 aromatic rings. The highest BCUT2D eigenvalue weighted by Crippen LogP contribution is 2.30. The Morgan fingerprint density at radius 3 is 2.54 bits per heavy atom. The van der Waals surface area contributed by atoms with E-state index >= 15 is 0 Å². The van der Waals surface area contributed by atoms with Crippen LogP contribution in [0.3, 0.4) is 0 Å². The summed E-state index contributed by atoms with van der Waals surface area (Å²) < 4.78 is 3.65. The summed E-state index contributed by atoms with van der Waals surface area (Å²) in [5.41, 5.74) is 5.21. The molecule has 0 amide bonds. The van der Waals surface area contributed by atoms with E-state index in [-0.39, 0.29) is 17.7 Å². The zero-order valence-electron chi connectivity index (χ0n) is 19.9. The van der Waals surface area contributed by atoms with Crippen LogP contribution < -0.4 is 5.56 Å². The van der Waals surface area contributed by atoms with Crippen LogP contribution in [0.5, 0.6) is 0 Å². The third-order valence-corrected chi connectivity index (χ3v) is 7.04. The number of nitriles is 1. The van der Waals surface area contributed by atoms with Gasteiger partial charge in [-0.3, -0.25) is 9.36 Å². The average Bonchev–Trinajstić information content (AvgIpc) is 3.37. The van der Waals surface area contributed by atoms with Crippen molar-refractivity contribution >= 4 is 5.78 Å². The van der Waals surface area contributed by atoms with Crippen LogP contribution >= 0.6 is 0 Å². The van der Waals surface area contributed by atoms with Gasteiger partial charge in [-0.2, -0.15) is 15.3 Å². The van der Waals surface area contributed by atoms with E-state index in [4.69, 9.17) is 0 Å². The van der Waals surface area contributed by atoms with Gasteiger partial charge in [0.25, 0.3) is 5.56 Å². The van der Waals surface area contributed by atoms with Crippen molar-refractivity contribution in [2.45, 2.75) is 64.0 Å². The number of benzene rings is 2. The first kappa shape index (κ1) is 23.0. The molecule has 1 aliphatic carbocycles. The van der Waals surface area contributed by atoms with E-state index in [1.54, 1.807) is 0 Å². The van der Waals surface area contributed by atoms with Crippen molar-refractivity contribution in [3.05, 3.63) is 87.6 Å². The molecular formula is C28H29N5O2. The first-order chi connectivity index (χ1) is 17.1. The largest absolute Gasteiger partial charge is 0.393 e. The first-order valence-corrected chi connectivity index (χ1v) is 12.3. The van der Waals surface area contributed by atoms with Crippen LogP contribution in [0.4, 0.5) is 0 Å². The third-order valence-electron chi connectivity index (χ3n) is 7.04. The Bertz CT molecular complexity index is 1440. The normalized spacial score (nSPS) is 18.0. The van der Waals surface area contributed by atoms with Crippen LogP contribution in [0.1, 0.15) is 67.5 Å². The van der Waals surface area contributed by atoms with Gasteiger partial charge in [-0.25, -0.2) is 4.52 Å². The van der Waals surface area contributed by atoms with E-state index in [1.165, 1.54) is 6.33 Å². The van der Waals surface area contributed by atoms with Crippen molar-refractivity contribution in [2.24, 2.45) is 0 Å². The summed E-state index contributed by atoms with van der Waals surface area (Å²) in [6, 6.07) is 17.9. The molecule has 2 aromatic heterocycles. The molecular weight excluding hydrogens is 438 g/mol. The van der Waals surface area contributed by atoms with E-state index in [0.717, 1.165) is 53.6 Å². The highest BCUT2D eigenvalue weighted by molar-refractivity contribution is 5.70. The SMILES string of the molecule is CCCc1c(Cc2ccc(-c3ccccc3C#N)cc2)c(=O)n(C2CCC(O)CC2)c2ncnn12. The van der Waals surface area contributed by atoms with Crippen LogP contribution in [0.25, 0.3) is 16.9 Å². The van der Waals surface area contributed by atoms with Gasteiger partial charge in [0.1, 0.15) is 6.33 Å². The zero-order chi connectivity index (χ0) is 24.4. The molecule has 5 rings (SSSR count). The van der Waals surface area contributed by atoms with E-state index < -0.39 is 0 Å². The van der Waals surface area contributed by atoms with E-state index in [2.05, 4.69) is 23.1 Å². The van der Waals surface area contributed by atoms with Crippen molar-refractivity contribution < 1.29 is 5.11 Å². The number of aromatic nitrogens is 4. The number of nitrogens with zero attached hydrogens (tertiary/aromatic N) is 5. The maximum atomic E-state index is 13.9. The molecule has 0 atom stereocenters. The molecule has 1 N–H and O–H groups in total. The lowest BCUT2D eigenvalue weighted by Gasteiger charge is -2.28. The second-order valence-electron chi connectivity index (χ2n) is 9.32. The van der Waals surface area contributed by atoms with Gasteiger partial charge in [0.05, 0.1) is 23.4 Å². The average molecular weight is 468 g/mol. The summed E-state index contributed by atoms with van der Waals surface area (Å²) in [7, 11) is 0. The van der Waals surface area contributed by atoms with Crippen molar-refractivity contribution in [3.63, 3.8) is 0 Å². The molecule has 7 heteroatoms. The highest BCUT2D eigenvalue weighted by Gasteiger charge is 2.27. The minimum absolute atomic E-state index is 0.00533. The quantitative estimate of drug-likeness (QED) is 0.452. The van der Waals surface area contributed by atoms with Crippen LogP contribution in [0, 0.1) is 11.3 Å². The topological polar surface area (TPSA) is 96.2 Å². The number of fused-ring (bicyclic) bond motifs is 1. The zero-order valence-corrected chi connectivity index (χ0v) is 19.9. The molecule has 1 saturated carbocycles. The van der Waals surface area contributed by atoms with Gasteiger partial charge >= 0.3 is 0 Å². The van der Waals surface area contributed by atoms with Crippen LogP contribution in [0.15, 0.2) is 59.7 Å².